The van der Waals surface area contributed by atoms with E-state index >= 15 is 0 Å². The van der Waals surface area contributed by atoms with Crippen LogP contribution in [-0.2, 0) is 6.42 Å². The standard InChI is InChI=1S/C7H6.C2H7N5.ClH/c1-2-6-4-7(3-1)5-6;3-1(4)7-2(5)6;/h1-4H,5H2;(H7,3,4,5,6,7);1H. The molecule has 15 heavy (non-hydrogen) atoms. The second kappa shape index (κ2) is 5.87. The fourth-order valence-corrected chi connectivity index (χ4v) is 1.09. The molecule has 3 rings (SSSR count). The second-order valence-corrected chi connectivity index (χ2v) is 2.92. The Morgan fingerprint density at radius 3 is 1.73 bits per heavy atom. The van der Waals surface area contributed by atoms with Gasteiger partial charge in [0.05, 0.1) is 0 Å². The van der Waals surface area contributed by atoms with Gasteiger partial charge in [0.2, 0.25) is 5.96 Å². The molecule has 2 aliphatic carbocycles. The molecule has 0 saturated heterocycles. The number of aliphatic imine (C=N–C) groups is 1. The second-order valence-electron chi connectivity index (χ2n) is 2.92. The predicted molar refractivity (Wildman–Crippen MR) is 64.2 cm³/mol. The van der Waals surface area contributed by atoms with Gasteiger partial charge in [0.1, 0.15) is 0 Å². The van der Waals surface area contributed by atoms with Crippen LogP contribution in [0.3, 0.4) is 0 Å². The maximum Gasteiger partial charge on any atom is 0.215 e. The highest BCUT2D eigenvalue weighted by atomic mass is 35.5. The number of fused-ring (bicyclic) bond motifs is 2. The molecule has 0 radical (unpaired) electrons. The highest BCUT2D eigenvalue weighted by Gasteiger charge is 2.04. The fraction of sp³-hybridized carbons (Fsp3) is 0.111. The minimum absolute atomic E-state index is 0. The first-order valence-corrected chi connectivity index (χ1v) is 4.09. The van der Waals surface area contributed by atoms with Crippen molar-refractivity contribution in [3.05, 3.63) is 35.4 Å². The van der Waals surface area contributed by atoms with Gasteiger partial charge in [-0.15, -0.1) is 12.4 Å². The summed E-state index contributed by atoms with van der Waals surface area (Å²) in [5.74, 6) is -0.562. The Morgan fingerprint density at radius 1 is 1.20 bits per heavy atom. The van der Waals surface area contributed by atoms with Gasteiger partial charge in [-0.1, -0.05) is 24.3 Å². The van der Waals surface area contributed by atoms with Crippen molar-refractivity contribution in [2.75, 3.05) is 0 Å². The largest absolute Gasteiger partial charge is 0.370 e. The van der Waals surface area contributed by atoms with E-state index in [-0.39, 0.29) is 24.3 Å². The van der Waals surface area contributed by atoms with Crippen LogP contribution in [0.4, 0.5) is 0 Å². The summed E-state index contributed by atoms with van der Waals surface area (Å²) in [5.41, 5.74) is 17.3. The number of nitrogens with two attached hydrogens (primary N) is 3. The number of guanidine groups is 2. The Hall–Kier alpha value is -1.75. The SMILES string of the molecule is Cl.N=C(N)N=C(N)N.c1cc2cc(c1)C2. The molecule has 5 nitrogen and oxygen atoms in total. The molecular weight excluding hydrogens is 214 g/mol. The van der Waals surface area contributed by atoms with E-state index in [1.807, 2.05) is 0 Å². The van der Waals surface area contributed by atoms with Crippen molar-refractivity contribution in [1.82, 2.24) is 0 Å². The number of nitrogens with zero attached hydrogens (tertiary/aromatic N) is 1. The molecule has 7 N–H and O–H groups in total. The van der Waals surface area contributed by atoms with E-state index in [2.05, 4.69) is 29.3 Å². The average molecular weight is 228 g/mol. The quantitative estimate of drug-likeness (QED) is 0.380. The third-order valence-corrected chi connectivity index (χ3v) is 1.65. The third-order valence-electron chi connectivity index (χ3n) is 1.65. The molecule has 2 bridgehead atoms. The van der Waals surface area contributed by atoms with Crippen molar-refractivity contribution >= 4 is 24.3 Å². The van der Waals surface area contributed by atoms with Crippen LogP contribution in [0, 0.1) is 5.41 Å². The first kappa shape index (κ1) is 13.2. The van der Waals surface area contributed by atoms with Crippen LogP contribution in [0.15, 0.2) is 29.3 Å². The molecule has 82 valence electrons. The van der Waals surface area contributed by atoms with E-state index in [0.717, 1.165) is 0 Å². The Morgan fingerprint density at radius 2 is 1.67 bits per heavy atom. The molecule has 0 aromatic heterocycles. The van der Waals surface area contributed by atoms with E-state index in [1.165, 1.54) is 17.5 Å². The third kappa shape index (κ3) is 4.87. The molecule has 0 fully saturated rings. The maximum absolute atomic E-state index is 6.46. The number of nitrogens with one attached hydrogen (secondary N) is 1. The molecule has 6 heteroatoms. The normalized spacial score (nSPS) is 9.60. The first-order valence-electron chi connectivity index (χ1n) is 4.09. The molecule has 1 aromatic rings. The summed E-state index contributed by atoms with van der Waals surface area (Å²) in [6.45, 7) is 0. The van der Waals surface area contributed by atoms with Crippen molar-refractivity contribution < 1.29 is 0 Å². The van der Waals surface area contributed by atoms with Crippen molar-refractivity contribution in [2.45, 2.75) is 6.42 Å². The number of halogens is 1. The Kier molecular flexibility index (Phi) is 5.19. The van der Waals surface area contributed by atoms with Crippen molar-refractivity contribution in [3.8, 4) is 0 Å². The monoisotopic (exact) mass is 227 g/mol. The highest BCUT2D eigenvalue weighted by molar-refractivity contribution is 5.90. The molecule has 0 saturated carbocycles. The summed E-state index contributed by atoms with van der Waals surface area (Å²) in [5, 5.41) is 6.46. The summed E-state index contributed by atoms with van der Waals surface area (Å²) < 4.78 is 0. The van der Waals surface area contributed by atoms with Gasteiger partial charge in [-0.2, -0.15) is 4.99 Å². The Bertz CT molecular complexity index is 346. The average Bonchev–Trinajstić information content (AvgIpc) is 2.02. The molecule has 2 aliphatic rings. The van der Waals surface area contributed by atoms with Crippen LogP contribution in [-0.4, -0.2) is 11.9 Å². The van der Waals surface area contributed by atoms with Gasteiger partial charge in [-0.05, 0) is 17.5 Å². The summed E-state index contributed by atoms with van der Waals surface area (Å²) in [7, 11) is 0. The smallest absolute Gasteiger partial charge is 0.215 e. The highest BCUT2D eigenvalue weighted by Crippen LogP contribution is 2.18. The summed E-state index contributed by atoms with van der Waals surface area (Å²) in [6.07, 6.45) is 1.22. The minimum Gasteiger partial charge on any atom is -0.370 e. The van der Waals surface area contributed by atoms with Crippen LogP contribution in [0.25, 0.3) is 0 Å². The van der Waals surface area contributed by atoms with Crippen LogP contribution in [0.2, 0.25) is 0 Å². The lowest BCUT2D eigenvalue weighted by molar-refractivity contribution is 1.09. The lowest BCUT2D eigenvalue weighted by atomic mass is 9.94. The Balaban J connectivity index is 0.000000245. The topological polar surface area (TPSA) is 114 Å². The lowest BCUT2D eigenvalue weighted by Crippen LogP contribution is -2.25. The number of hydrogen-bond donors (Lipinski definition) is 4. The van der Waals surface area contributed by atoms with Crippen LogP contribution < -0.4 is 17.2 Å². The van der Waals surface area contributed by atoms with E-state index < -0.39 is 0 Å². The van der Waals surface area contributed by atoms with Gasteiger partial charge in [-0.25, -0.2) is 0 Å². The zero-order chi connectivity index (χ0) is 10.6. The van der Waals surface area contributed by atoms with Crippen molar-refractivity contribution in [2.24, 2.45) is 22.2 Å². The van der Waals surface area contributed by atoms with Crippen LogP contribution >= 0.6 is 12.4 Å². The van der Waals surface area contributed by atoms with Gasteiger partial charge in [0.15, 0.2) is 5.96 Å². The zero-order valence-electron chi connectivity index (χ0n) is 8.10. The lowest BCUT2D eigenvalue weighted by Gasteiger charge is -2.11. The zero-order valence-corrected chi connectivity index (χ0v) is 8.92. The minimum atomic E-state index is -0.375. The fourth-order valence-electron chi connectivity index (χ4n) is 1.09. The van der Waals surface area contributed by atoms with Gasteiger partial charge >= 0.3 is 0 Å². The predicted octanol–water partition coefficient (Wildman–Crippen LogP) is 0.166. The molecule has 0 heterocycles. The molecule has 0 spiro atoms. The van der Waals surface area contributed by atoms with E-state index in [4.69, 9.17) is 22.6 Å². The molecule has 0 aliphatic heterocycles. The van der Waals surface area contributed by atoms with E-state index in [1.54, 1.807) is 0 Å². The summed E-state index contributed by atoms with van der Waals surface area (Å²) in [6, 6.07) is 8.65. The van der Waals surface area contributed by atoms with Crippen LogP contribution in [0.5, 0.6) is 0 Å². The van der Waals surface area contributed by atoms with E-state index in [9.17, 15) is 0 Å². The molecule has 0 unspecified atom stereocenters. The van der Waals surface area contributed by atoms with Crippen molar-refractivity contribution in [1.29, 1.82) is 5.41 Å². The van der Waals surface area contributed by atoms with Gasteiger partial charge < -0.3 is 17.2 Å². The van der Waals surface area contributed by atoms with E-state index in [0.29, 0.717) is 0 Å². The molecule has 1 aromatic carbocycles. The molecular formula is C9H14ClN5. The van der Waals surface area contributed by atoms with Crippen molar-refractivity contribution in [3.63, 3.8) is 0 Å². The maximum atomic E-state index is 6.46. The van der Waals surface area contributed by atoms with Crippen LogP contribution in [0.1, 0.15) is 11.1 Å². The van der Waals surface area contributed by atoms with Gasteiger partial charge in [0.25, 0.3) is 0 Å². The summed E-state index contributed by atoms with van der Waals surface area (Å²) >= 11 is 0. The van der Waals surface area contributed by atoms with Gasteiger partial charge in [-0.3, -0.25) is 5.41 Å². The molecule has 0 atom stereocenters. The number of benzene rings is 1. The first-order chi connectivity index (χ1) is 6.58. The number of rotatable bonds is 0. The van der Waals surface area contributed by atoms with Gasteiger partial charge in [0, 0.05) is 0 Å². The summed E-state index contributed by atoms with van der Waals surface area (Å²) in [4.78, 5) is 3.11. The Labute approximate surface area is 94.3 Å². The number of hydrogen-bond acceptors (Lipinski definition) is 1. The molecule has 0 amide bonds.